The fourth-order valence-electron chi connectivity index (χ4n) is 2.41. The van der Waals surface area contributed by atoms with Gasteiger partial charge in [-0.25, -0.2) is 8.42 Å². The van der Waals surface area contributed by atoms with Crippen LogP contribution < -0.4 is 11.1 Å². The van der Waals surface area contributed by atoms with E-state index in [1.54, 1.807) is 0 Å². The van der Waals surface area contributed by atoms with Gasteiger partial charge in [-0.3, -0.25) is 4.79 Å². The van der Waals surface area contributed by atoms with Gasteiger partial charge in [0, 0.05) is 26.1 Å². The lowest BCUT2D eigenvalue weighted by atomic mass is 9.91. The molecule has 1 amide bonds. The van der Waals surface area contributed by atoms with Crippen LogP contribution in [-0.4, -0.2) is 48.0 Å². The van der Waals surface area contributed by atoms with E-state index in [-0.39, 0.29) is 27.5 Å². The van der Waals surface area contributed by atoms with Gasteiger partial charge in [0.1, 0.15) is 0 Å². The maximum atomic E-state index is 12.5. The van der Waals surface area contributed by atoms with Gasteiger partial charge < -0.3 is 11.1 Å². The maximum absolute atomic E-state index is 12.5. The average Bonchev–Trinajstić information content (AvgIpc) is 2.87. The minimum absolute atomic E-state index is 0.133. The van der Waals surface area contributed by atoms with E-state index in [0.717, 1.165) is 37.0 Å². The second-order valence-corrected chi connectivity index (χ2v) is 8.24. The lowest BCUT2D eigenvalue weighted by Gasteiger charge is -2.34. The van der Waals surface area contributed by atoms with E-state index in [1.807, 2.05) is 0 Å². The number of amides is 1. The molecule has 1 aromatic heterocycles. The van der Waals surface area contributed by atoms with Crippen molar-refractivity contribution in [2.45, 2.75) is 49.0 Å². The minimum atomic E-state index is -3.74. The first-order valence-corrected chi connectivity index (χ1v) is 8.92. The quantitative estimate of drug-likeness (QED) is 0.769. The molecule has 3 N–H and O–H groups in total. The summed E-state index contributed by atoms with van der Waals surface area (Å²) in [5.41, 5.74) is 6.03. The largest absolute Gasteiger partial charge is 0.326 e. The summed E-state index contributed by atoms with van der Waals surface area (Å²) in [7, 11) is -2.22. The molecule has 0 radical (unpaired) electrons. The van der Waals surface area contributed by atoms with Gasteiger partial charge in [-0.05, 0) is 12.8 Å². The number of sulfonamides is 1. The Labute approximate surface area is 127 Å². The highest BCUT2D eigenvalue weighted by atomic mass is 32.2. The molecule has 0 aliphatic heterocycles. The Balaban J connectivity index is 2.20. The molecule has 21 heavy (non-hydrogen) atoms. The first-order chi connectivity index (χ1) is 9.82. The van der Waals surface area contributed by atoms with Crippen molar-refractivity contribution in [3.8, 4) is 0 Å². The van der Waals surface area contributed by atoms with Gasteiger partial charge in [-0.1, -0.05) is 24.2 Å². The molecule has 0 bridgehead atoms. The van der Waals surface area contributed by atoms with Gasteiger partial charge in [0.2, 0.25) is 15.4 Å². The van der Waals surface area contributed by atoms with Crippen LogP contribution >= 0.6 is 11.3 Å². The molecule has 0 saturated heterocycles. The number of aromatic nitrogens is 2. The number of hydrogen-bond acceptors (Lipinski definition) is 7. The lowest BCUT2D eigenvalue weighted by Crippen LogP contribution is -2.50. The van der Waals surface area contributed by atoms with Gasteiger partial charge in [0.25, 0.3) is 10.0 Å². The molecule has 2 unspecified atom stereocenters. The van der Waals surface area contributed by atoms with Crippen molar-refractivity contribution in [2.75, 3.05) is 12.4 Å². The molecule has 1 aliphatic rings. The Morgan fingerprint density at radius 2 is 2.05 bits per heavy atom. The third-order valence-corrected chi connectivity index (χ3v) is 6.61. The zero-order valence-corrected chi connectivity index (χ0v) is 13.6. The highest BCUT2D eigenvalue weighted by Crippen LogP contribution is 2.28. The first kappa shape index (κ1) is 16.3. The number of anilines is 1. The first-order valence-electron chi connectivity index (χ1n) is 6.67. The highest BCUT2D eigenvalue weighted by Gasteiger charge is 2.35. The van der Waals surface area contributed by atoms with Gasteiger partial charge in [0.05, 0.1) is 0 Å². The van der Waals surface area contributed by atoms with E-state index < -0.39 is 10.0 Å². The van der Waals surface area contributed by atoms with Crippen LogP contribution in [0.1, 0.15) is 32.6 Å². The Hall–Kier alpha value is -1.10. The molecule has 2 rings (SSSR count). The molecular weight excluding hydrogens is 314 g/mol. The van der Waals surface area contributed by atoms with Crippen molar-refractivity contribution >= 4 is 32.4 Å². The van der Waals surface area contributed by atoms with Crippen LogP contribution in [0.3, 0.4) is 0 Å². The van der Waals surface area contributed by atoms with E-state index in [9.17, 15) is 13.2 Å². The molecule has 10 heteroatoms. The van der Waals surface area contributed by atoms with Gasteiger partial charge in [-0.15, -0.1) is 10.2 Å². The summed E-state index contributed by atoms with van der Waals surface area (Å²) in [5.74, 6) is -0.322. The van der Waals surface area contributed by atoms with Crippen LogP contribution in [0.4, 0.5) is 5.13 Å². The molecule has 1 aliphatic carbocycles. The van der Waals surface area contributed by atoms with Crippen LogP contribution in [0.5, 0.6) is 0 Å². The molecule has 118 valence electrons. The van der Waals surface area contributed by atoms with Crippen molar-refractivity contribution in [3.05, 3.63) is 0 Å². The zero-order valence-electron chi connectivity index (χ0n) is 11.9. The molecule has 1 aromatic rings. The van der Waals surface area contributed by atoms with Gasteiger partial charge in [0.15, 0.2) is 0 Å². The normalized spacial score (nSPS) is 23.2. The van der Waals surface area contributed by atoms with Crippen molar-refractivity contribution in [1.29, 1.82) is 0 Å². The number of hydrogen-bond donors (Lipinski definition) is 2. The lowest BCUT2D eigenvalue weighted by molar-refractivity contribution is -0.114. The number of rotatable bonds is 4. The van der Waals surface area contributed by atoms with Crippen molar-refractivity contribution < 1.29 is 13.2 Å². The Morgan fingerprint density at radius 1 is 1.38 bits per heavy atom. The van der Waals surface area contributed by atoms with Crippen LogP contribution in [-0.2, 0) is 14.8 Å². The maximum Gasteiger partial charge on any atom is 0.272 e. The van der Waals surface area contributed by atoms with Crippen LogP contribution in [0.15, 0.2) is 4.34 Å². The highest BCUT2D eigenvalue weighted by molar-refractivity contribution is 7.91. The van der Waals surface area contributed by atoms with E-state index in [0.29, 0.717) is 0 Å². The molecule has 1 fully saturated rings. The summed E-state index contributed by atoms with van der Waals surface area (Å²) in [6, 6.07) is -0.391. The number of carbonyl (C=O) groups is 1. The number of carbonyl (C=O) groups excluding carboxylic acids is 1. The van der Waals surface area contributed by atoms with E-state index >= 15 is 0 Å². The summed E-state index contributed by atoms with van der Waals surface area (Å²) in [5, 5.41) is 9.93. The van der Waals surface area contributed by atoms with Crippen molar-refractivity contribution in [2.24, 2.45) is 5.73 Å². The summed E-state index contributed by atoms with van der Waals surface area (Å²) < 4.78 is 26.2. The average molecular weight is 333 g/mol. The van der Waals surface area contributed by atoms with Crippen LogP contribution in [0, 0.1) is 0 Å². The summed E-state index contributed by atoms with van der Waals surface area (Å²) in [6.07, 6.45) is 3.55. The minimum Gasteiger partial charge on any atom is -0.326 e. The molecular formula is C11H19N5O3S2. The van der Waals surface area contributed by atoms with Crippen molar-refractivity contribution in [3.63, 3.8) is 0 Å². The summed E-state index contributed by atoms with van der Waals surface area (Å²) >= 11 is 0.837. The Bertz CT molecular complexity index is 615. The molecule has 2 atom stereocenters. The monoisotopic (exact) mass is 333 g/mol. The molecule has 1 heterocycles. The molecule has 0 spiro atoms. The molecule has 8 nitrogen and oxygen atoms in total. The Kier molecular flexibility index (Phi) is 4.91. The fraction of sp³-hybridized carbons (Fsp3) is 0.727. The number of nitrogens with one attached hydrogen (secondary N) is 1. The topological polar surface area (TPSA) is 118 Å². The van der Waals surface area contributed by atoms with E-state index in [4.69, 9.17) is 5.73 Å². The third-order valence-electron chi connectivity index (χ3n) is 3.54. The summed E-state index contributed by atoms with van der Waals surface area (Å²) in [4.78, 5) is 10.9. The van der Waals surface area contributed by atoms with Crippen LogP contribution in [0.2, 0.25) is 0 Å². The van der Waals surface area contributed by atoms with Gasteiger partial charge in [-0.2, -0.15) is 4.31 Å². The second-order valence-electron chi connectivity index (χ2n) is 5.09. The molecule has 1 saturated carbocycles. The SMILES string of the molecule is CC(=O)Nc1nnc(S(=O)(=O)N(C)C2CCCCC2N)s1. The zero-order chi connectivity index (χ0) is 15.6. The smallest absolute Gasteiger partial charge is 0.272 e. The third kappa shape index (κ3) is 3.57. The van der Waals surface area contributed by atoms with E-state index in [2.05, 4.69) is 15.5 Å². The number of likely N-dealkylation sites (N-methyl/N-ethyl adjacent to an activating group) is 1. The standard InChI is InChI=1S/C11H19N5O3S2/c1-7(17)13-10-14-15-11(20-10)21(18,19)16(2)9-6-4-3-5-8(9)12/h8-9H,3-6,12H2,1-2H3,(H,13,14,17). The fourth-order valence-corrected chi connectivity index (χ4v) is 4.95. The number of nitrogens with two attached hydrogens (primary N) is 1. The number of nitrogens with zero attached hydrogens (tertiary/aromatic N) is 3. The predicted octanol–water partition coefficient (Wildman–Crippen LogP) is 0.387. The summed E-state index contributed by atoms with van der Waals surface area (Å²) in [6.45, 7) is 1.32. The van der Waals surface area contributed by atoms with Gasteiger partial charge >= 0.3 is 0 Å². The predicted molar refractivity (Wildman–Crippen MR) is 79.4 cm³/mol. The second kappa shape index (κ2) is 6.34. The van der Waals surface area contributed by atoms with E-state index in [1.165, 1.54) is 18.3 Å². The van der Waals surface area contributed by atoms with Crippen LogP contribution in [0.25, 0.3) is 0 Å². The Morgan fingerprint density at radius 3 is 2.67 bits per heavy atom. The van der Waals surface area contributed by atoms with Crippen molar-refractivity contribution in [1.82, 2.24) is 14.5 Å². The molecule has 0 aromatic carbocycles.